The Morgan fingerprint density at radius 3 is 2.67 bits per heavy atom. The molecule has 0 aromatic heterocycles. The summed E-state index contributed by atoms with van der Waals surface area (Å²) < 4.78 is 13.2. The minimum atomic E-state index is -0.726. The molecular weight excluding hydrogens is 440 g/mol. The van der Waals surface area contributed by atoms with Crippen LogP contribution in [0.4, 0.5) is 4.39 Å². The first-order valence-corrected chi connectivity index (χ1v) is 9.00. The van der Waals surface area contributed by atoms with Crippen molar-refractivity contribution in [1.82, 2.24) is 10.2 Å². The predicted molar refractivity (Wildman–Crippen MR) is 111 cm³/mol. The Labute approximate surface area is 165 Å². The van der Waals surface area contributed by atoms with E-state index in [1.807, 2.05) is 18.7 Å². The fourth-order valence-electron chi connectivity index (χ4n) is 2.59. The molecule has 0 radical (unpaired) electrons. The monoisotopic (exact) mass is 467 g/mol. The van der Waals surface area contributed by atoms with E-state index in [-0.39, 0.29) is 41.1 Å². The van der Waals surface area contributed by atoms with Gasteiger partial charge in [-0.25, -0.2) is 4.39 Å². The Bertz CT molecular complexity index is 539. The lowest BCUT2D eigenvalue weighted by Gasteiger charge is -2.39. The summed E-state index contributed by atoms with van der Waals surface area (Å²) in [5, 5.41) is 13.6. The van der Waals surface area contributed by atoms with Crippen molar-refractivity contribution in [2.45, 2.75) is 31.6 Å². The van der Waals surface area contributed by atoms with Crippen LogP contribution in [0.2, 0.25) is 0 Å². The molecule has 1 heterocycles. The number of aliphatic hydroxyl groups is 1. The lowest BCUT2D eigenvalue weighted by atomic mass is 10.1. The number of thioether (sulfide) groups is 1. The van der Waals surface area contributed by atoms with Crippen LogP contribution >= 0.6 is 35.7 Å². The zero-order valence-corrected chi connectivity index (χ0v) is 17.6. The topological polar surface area (TPSA) is 47.9 Å². The molecule has 1 atom stereocenters. The highest BCUT2D eigenvalue weighted by molar-refractivity contribution is 14.0. The second kappa shape index (κ2) is 9.82. The van der Waals surface area contributed by atoms with E-state index in [0.717, 1.165) is 31.3 Å². The average Bonchev–Trinajstić information content (AvgIpc) is 2.50. The fourth-order valence-corrected chi connectivity index (χ4v) is 3.70. The maximum atomic E-state index is 13.0. The predicted octanol–water partition coefficient (Wildman–Crippen LogP) is 3.27. The molecule has 0 bridgehead atoms. The molecule has 1 aliphatic rings. The van der Waals surface area contributed by atoms with Crippen LogP contribution in [0.3, 0.4) is 0 Å². The Morgan fingerprint density at radius 1 is 1.42 bits per heavy atom. The third-order valence-corrected chi connectivity index (χ3v) is 5.03. The Morgan fingerprint density at radius 2 is 2.08 bits per heavy atom. The first-order valence-electron chi connectivity index (χ1n) is 8.02. The second-order valence-electron chi connectivity index (χ2n) is 6.29. The van der Waals surface area contributed by atoms with E-state index in [2.05, 4.69) is 29.1 Å². The normalized spacial score (nSPS) is 18.7. The van der Waals surface area contributed by atoms with Crippen LogP contribution in [0.15, 0.2) is 29.3 Å². The standard InChI is InChI=1S/C17H26FN3OS.HI/c1-4-19-16(21-9-10-23-17(2,3)12-21)20-11-15(22)13-5-7-14(18)8-6-13;/h5-8,15,22H,4,9-12H2,1-3H3,(H,19,20);1H. The number of benzene rings is 1. The van der Waals surface area contributed by atoms with Crippen molar-refractivity contribution in [3.63, 3.8) is 0 Å². The van der Waals surface area contributed by atoms with Crippen molar-refractivity contribution in [2.75, 3.05) is 31.9 Å². The van der Waals surface area contributed by atoms with Gasteiger partial charge in [-0.1, -0.05) is 12.1 Å². The van der Waals surface area contributed by atoms with E-state index >= 15 is 0 Å². The summed E-state index contributed by atoms with van der Waals surface area (Å²) in [6.45, 7) is 9.44. The van der Waals surface area contributed by atoms with Crippen molar-refractivity contribution >= 4 is 41.7 Å². The molecule has 1 aromatic rings. The minimum absolute atomic E-state index is 0. The summed E-state index contributed by atoms with van der Waals surface area (Å²) in [6, 6.07) is 5.92. The second-order valence-corrected chi connectivity index (χ2v) is 8.09. The summed E-state index contributed by atoms with van der Waals surface area (Å²) in [6.07, 6.45) is -0.726. The highest BCUT2D eigenvalue weighted by Crippen LogP contribution is 2.29. The molecule has 0 saturated carbocycles. The molecule has 1 unspecified atom stereocenters. The van der Waals surface area contributed by atoms with Gasteiger partial charge in [-0.15, -0.1) is 24.0 Å². The molecule has 0 spiro atoms. The Hall–Kier alpha value is -0.540. The Kier molecular flexibility index (Phi) is 8.80. The van der Waals surface area contributed by atoms with Gasteiger partial charge in [-0.3, -0.25) is 4.99 Å². The molecular formula is C17H27FIN3OS. The van der Waals surface area contributed by atoms with Gasteiger partial charge in [0.2, 0.25) is 0 Å². The van der Waals surface area contributed by atoms with Crippen molar-refractivity contribution in [1.29, 1.82) is 0 Å². The number of halogens is 2. The smallest absolute Gasteiger partial charge is 0.194 e. The third-order valence-electron chi connectivity index (χ3n) is 3.73. The highest BCUT2D eigenvalue weighted by atomic mass is 127. The zero-order chi connectivity index (χ0) is 16.9. The summed E-state index contributed by atoms with van der Waals surface area (Å²) in [7, 11) is 0. The molecule has 24 heavy (non-hydrogen) atoms. The SMILES string of the molecule is CCNC(=NCC(O)c1ccc(F)cc1)N1CCSC(C)(C)C1.I. The van der Waals surface area contributed by atoms with E-state index in [1.165, 1.54) is 12.1 Å². The highest BCUT2D eigenvalue weighted by Gasteiger charge is 2.28. The Balaban J connectivity index is 0.00000288. The summed E-state index contributed by atoms with van der Waals surface area (Å²) in [4.78, 5) is 6.83. The van der Waals surface area contributed by atoms with Crippen LogP contribution in [-0.4, -0.2) is 52.6 Å². The van der Waals surface area contributed by atoms with Gasteiger partial charge in [0, 0.05) is 30.1 Å². The van der Waals surface area contributed by atoms with E-state index in [9.17, 15) is 9.50 Å². The number of hydrogen-bond donors (Lipinski definition) is 2. The molecule has 2 rings (SSSR count). The van der Waals surface area contributed by atoms with Gasteiger partial charge < -0.3 is 15.3 Å². The molecule has 2 N–H and O–H groups in total. The van der Waals surface area contributed by atoms with Crippen LogP contribution < -0.4 is 5.32 Å². The number of nitrogens with zero attached hydrogens (tertiary/aromatic N) is 2. The molecule has 0 amide bonds. The van der Waals surface area contributed by atoms with E-state index < -0.39 is 6.10 Å². The van der Waals surface area contributed by atoms with Crippen LogP contribution in [0.25, 0.3) is 0 Å². The van der Waals surface area contributed by atoms with E-state index in [1.54, 1.807) is 12.1 Å². The molecule has 1 fully saturated rings. The largest absolute Gasteiger partial charge is 0.386 e. The van der Waals surface area contributed by atoms with Crippen LogP contribution in [0.5, 0.6) is 0 Å². The number of hydrogen-bond acceptors (Lipinski definition) is 3. The third kappa shape index (κ3) is 6.40. The van der Waals surface area contributed by atoms with Gasteiger partial charge in [-0.05, 0) is 38.5 Å². The molecule has 136 valence electrons. The van der Waals surface area contributed by atoms with Crippen LogP contribution in [0.1, 0.15) is 32.4 Å². The number of aliphatic hydroxyl groups excluding tert-OH is 1. The molecule has 1 saturated heterocycles. The number of rotatable bonds is 4. The van der Waals surface area contributed by atoms with Crippen molar-refractivity contribution in [3.8, 4) is 0 Å². The summed E-state index contributed by atoms with van der Waals surface area (Å²) in [5.41, 5.74) is 0.681. The first-order chi connectivity index (χ1) is 10.9. The van der Waals surface area contributed by atoms with E-state index in [4.69, 9.17) is 0 Å². The average molecular weight is 467 g/mol. The summed E-state index contributed by atoms with van der Waals surface area (Å²) in [5.74, 6) is 1.60. The number of aliphatic imine (C=N–C) groups is 1. The van der Waals surface area contributed by atoms with Gasteiger partial charge in [0.15, 0.2) is 5.96 Å². The molecule has 0 aliphatic carbocycles. The van der Waals surface area contributed by atoms with Gasteiger partial charge in [0.25, 0.3) is 0 Å². The van der Waals surface area contributed by atoms with Crippen LogP contribution in [0, 0.1) is 5.82 Å². The van der Waals surface area contributed by atoms with Gasteiger partial charge in [0.1, 0.15) is 5.82 Å². The maximum absolute atomic E-state index is 13.0. The van der Waals surface area contributed by atoms with Crippen molar-refractivity contribution in [2.24, 2.45) is 4.99 Å². The first kappa shape index (κ1) is 21.5. The quantitative estimate of drug-likeness (QED) is 0.406. The van der Waals surface area contributed by atoms with Crippen molar-refractivity contribution in [3.05, 3.63) is 35.6 Å². The van der Waals surface area contributed by atoms with Gasteiger partial charge in [-0.2, -0.15) is 11.8 Å². The number of nitrogens with one attached hydrogen (secondary N) is 1. The van der Waals surface area contributed by atoms with Gasteiger partial charge in [0.05, 0.1) is 12.6 Å². The fraction of sp³-hybridized carbons (Fsp3) is 0.588. The molecule has 7 heteroatoms. The summed E-state index contributed by atoms with van der Waals surface area (Å²) >= 11 is 1.97. The van der Waals surface area contributed by atoms with Crippen LogP contribution in [-0.2, 0) is 0 Å². The lowest BCUT2D eigenvalue weighted by Crippen LogP contribution is -2.51. The van der Waals surface area contributed by atoms with E-state index in [0.29, 0.717) is 5.56 Å². The molecule has 1 aliphatic heterocycles. The van der Waals surface area contributed by atoms with Crippen molar-refractivity contribution < 1.29 is 9.50 Å². The zero-order valence-electron chi connectivity index (χ0n) is 14.5. The van der Waals surface area contributed by atoms with Gasteiger partial charge >= 0.3 is 0 Å². The lowest BCUT2D eigenvalue weighted by molar-refractivity contribution is 0.186. The molecule has 4 nitrogen and oxygen atoms in total. The number of guanidine groups is 1. The minimum Gasteiger partial charge on any atom is -0.386 e. The molecule has 1 aromatic carbocycles. The maximum Gasteiger partial charge on any atom is 0.194 e.